The van der Waals surface area contributed by atoms with Crippen LogP contribution in [0.25, 0.3) is 0 Å². The van der Waals surface area contributed by atoms with Gasteiger partial charge in [0, 0.05) is 0 Å². The second kappa shape index (κ2) is 6.52. The van der Waals surface area contributed by atoms with Crippen molar-refractivity contribution in [2.45, 2.75) is 53.9 Å². The fraction of sp³-hybridized carbons (Fsp3) is 0.667. The summed E-state index contributed by atoms with van der Waals surface area (Å²) in [6.07, 6.45) is 1.04. The molecule has 0 radical (unpaired) electrons. The number of rotatable bonds is 2. The molecule has 0 saturated carbocycles. The monoisotopic (exact) mass is 194 g/mol. The molecule has 0 fully saturated rings. The number of hydrogen-bond donors (Lipinski definition) is 0. The molecule has 1 aromatic rings. The predicted octanol–water partition coefficient (Wildman–Crippen LogP) is 3.50. The van der Waals surface area contributed by atoms with Crippen LogP contribution < -0.4 is 0 Å². The summed E-state index contributed by atoms with van der Waals surface area (Å²) in [7, 11) is 0. The van der Waals surface area contributed by atoms with Crippen LogP contribution in [-0.4, -0.2) is 10.2 Å². The largest absolute Gasteiger partial charge is 0.155 e. The van der Waals surface area contributed by atoms with Crippen LogP contribution in [0.2, 0.25) is 0 Å². The number of nitrogens with zero attached hydrogens (tertiary/aromatic N) is 2. The quantitative estimate of drug-likeness (QED) is 0.720. The van der Waals surface area contributed by atoms with Crippen molar-refractivity contribution in [2.24, 2.45) is 0 Å². The third-order valence-corrected chi connectivity index (χ3v) is 2.07. The van der Waals surface area contributed by atoms with E-state index < -0.39 is 0 Å². The van der Waals surface area contributed by atoms with Gasteiger partial charge in [-0.25, -0.2) is 0 Å². The van der Waals surface area contributed by atoms with Crippen molar-refractivity contribution < 1.29 is 0 Å². The maximum Gasteiger partial charge on any atom is 0.0659 e. The van der Waals surface area contributed by atoms with Crippen LogP contribution >= 0.6 is 0 Å². The molecular formula is C12H22N2. The third-order valence-electron chi connectivity index (χ3n) is 2.07. The minimum absolute atomic E-state index is 0.475. The zero-order valence-corrected chi connectivity index (χ0v) is 10.3. The van der Waals surface area contributed by atoms with Gasteiger partial charge in [-0.15, -0.1) is 0 Å². The van der Waals surface area contributed by atoms with Crippen molar-refractivity contribution in [2.75, 3.05) is 0 Å². The Morgan fingerprint density at radius 3 is 2.21 bits per heavy atom. The normalized spacial score (nSPS) is 9.64. The molecule has 1 rings (SSSR count). The van der Waals surface area contributed by atoms with E-state index in [9.17, 15) is 0 Å². The fourth-order valence-electron chi connectivity index (χ4n) is 1.15. The molecule has 0 aliphatic carbocycles. The lowest BCUT2D eigenvalue weighted by molar-refractivity contribution is 0.767. The number of hydrogen-bond acceptors (Lipinski definition) is 2. The summed E-state index contributed by atoms with van der Waals surface area (Å²) in [6.45, 7) is 12.4. The Balaban J connectivity index is 0.000000791. The van der Waals surface area contributed by atoms with Gasteiger partial charge < -0.3 is 0 Å². The highest BCUT2D eigenvalue weighted by atomic mass is 15.1. The summed E-state index contributed by atoms with van der Waals surface area (Å²) in [6, 6.07) is 2.16. The van der Waals surface area contributed by atoms with E-state index in [-0.39, 0.29) is 0 Å². The number of aryl methyl sites for hydroxylation is 2. The lowest BCUT2D eigenvalue weighted by atomic mass is 10.1. The van der Waals surface area contributed by atoms with Crippen molar-refractivity contribution in [3.05, 3.63) is 23.0 Å². The molecule has 1 aromatic heterocycles. The second-order valence-electron chi connectivity index (χ2n) is 3.39. The Bertz CT molecular complexity index is 267. The van der Waals surface area contributed by atoms with E-state index in [1.165, 1.54) is 5.56 Å². The average Bonchev–Trinajstić information content (AvgIpc) is 2.21. The van der Waals surface area contributed by atoms with E-state index in [4.69, 9.17) is 0 Å². The lowest BCUT2D eigenvalue weighted by Crippen LogP contribution is -2.00. The van der Waals surface area contributed by atoms with E-state index in [1.54, 1.807) is 0 Å². The molecule has 0 spiro atoms. The summed E-state index contributed by atoms with van der Waals surface area (Å²) in [5.74, 6) is 0.475. The van der Waals surface area contributed by atoms with Crippen LogP contribution in [0.15, 0.2) is 6.07 Å². The van der Waals surface area contributed by atoms with Gasteiger partial charge in [0.2, 0.25) is 0 Å². The van der Waals surface area contributed by atoms with E-state index in [2.05, 4.69) is 37.0 Å². The molecule has 0 amide bonds. The first kappa shape index (κ1) is 13.1. The SMILES string of the molecule is CC.CCc1cc(C(C)C)nnc1C. The smallest absolute Gasteiger partial charge is 0.0659 e. The average molecular weight is 194 g/mol. The molecule has 0 bridgehead atoms. The zero-order valence-electron chi connectivity index (χ0n) is 10.3. The van der Waals surface area contributed by atoms with Crippen molar-refractivity contribution in [3.63, 3.8) is 0 Å². The van der Waals surface area contributed by atoms with Crippen LogP contribution in [0.1, 0.15) is 57.5 Å². The minimum atomic E-state index is 0.475. The lowest BCUT2D eigenvalue weighted by Gasteiger charge is -2.06. The highest BCUT2D eigenvalue weighted by Gasteiger charge is 2.04. The Hall–Kier alpha value is -0.920. The highest BCUT2D eigenvalue weighted by Crippen LogP contribution is 2.13. The summed E-state index contributed by atoms with van der Waals surface area (Å²) < 4.78 is 0. The summed E-state index contributed by atoms with van der Waals surface area (Å²) in [4.78, 5) is 0. The molecule has 0 N–H and O–H groups in total. The first-order valence-corrected chi connectivity index (χ1v) is 5.48. The van der Waals surface area contributed by atoms with Crippen LogP contribution in [0.3, 0.4) is 0 Å². The van der Waals surface area contributed by atoms with Gasteiger partial charge in [0.1, 0.15) is 0 Å². The third kappa shape index (κ3) is 3.44. The minimum Gasteiger partial charge on any atom is -0.155 e. The Morgan fingerprint density at radius 1 is 1.21 bits per heavy atom. The van der Waals surface area contributed by atoms with E-state index in [0.29, 0.717) is 5.92 Å². The van der Waals surface area contributed by atoms with Gasteiger partial charge in [0.05, 0.1) is 11.4 Å². The molecule has 2 heteroatoms. The van der Waals surface area contributed by atoms with E-state index in [1.807, 2.05) is 20.8 Å². The molecular weight excluding hydrogens is 172 g/mol. The molecule has 14 heavy (non-hydrogen) atoms. The van der Waals surface area contributed by atoms with Crippen molar-refractivity contribution in [1.82, 2.24) is 10.2 Å². The molecule has 0 aliphatic rings. The number of aromatic nitrogens is 2. The molecule has 0 atom stereocenters. The predicted molar refractivity (Wildman–Crippen MR) is 61.6 cm³/mol. The van der Waals surface area contributed by atoms with Gasteiger partial charge in [-0.05, 0) is 30.9 Å². The molecule has 0 unspecified atom stereocenters. The highest BCUT2D eigenvalue weighted by molar-refractivity contribution is 5.21. The molecule has 1 heterocycles. The van der Waals surface area contributed by atoms with Gasteiger partial charge in [0.25, 0.3) is 0 Å². The van der Waals surface area contributed by atoms with Gasteiger partial charge in [-0.1, -0.05) is 34.6 Å². The standard InChI is InChI=1S/C10H16N2.C2H6/c1-5-9-6-10(7(2)3)12-11-8(9)4;1-2/h6-7H,5H2,1-4H3;1-2H3. The second-order valence-corrected chi connectivity index (χ2v) is 3.39. The molecule has 0 aliphatic heterocycles. The fourth-order valence-corrected chi connectivity index (χ4v) is 1.15. The Morgan fingerprint density at radius 2 is 1.79 bits per heavy atom. The van der Waals surface area contributed by atoms with Crippen LogP contribution in [0.4, 0.5) is 0 Å². The summed E-state index contributed by atoms with van der Waals surface area (Å²) in [5, 5.41) is 8.26. The molecule has 80 valence electrons. The van der Waals surface area contributed by atoms with Crippen LogP contribution in [-0.2, 0) is 6.42 Å². The summed E-state index contributed by atoms with van der Waals surface area (Å²) >= 11 is 0. The van der Waals surface area contributed by atoms with Crippen molar-refractivity contribution in [3.8, 4) is 0 Å². The maximum atomic E-state index is 4.14. The zero-order chi connectivity index (χ0) is 11.1. The van der Waals surface area contributed by atoms with Gasteiger partial charge in [-0.3, -0.25) is 0 Å². The van der Waals surface area contributed by atoms with Gasteiger partial charge in [0.15, 0.2) is 0 Å². The van der Waals surface area contributed by atoms with Gasteiger partial charge in [-0.2, -0.15) is 10.2 Å². The van der Waals surface area contributed by atoms with Gasteiger partial charge >= 0.3 is 0 Å². The van der Waals surface area contributed by atoms with E-state index >= 15 is 0 Å². The molecule has 0 aromatic carbocycles. The van der Waals surface area contributed by atoms with Crippen molar-refractivity contribution >= 4 is 0 Å². The Kier molecular flexibility index (Phi) is 6.09. The van der Waals surface area contributed by atoms with E-state index in [0.717, 1.165) is 17.8 Å². The first-order valence-electron chi connectivity index (χ1n) is 5.48. The first-order chi connectivity index (χ1) is 6.65. The van der Waals surface area contributed by atoms with Crippen molar-refractivity contribution in [1.29, 1.82) is 0 Å². The Labute approximate surface area is 87.8 Å². The molecule has 0 saturated heterocycles. The summed E-state index contributed by atoms with van der Waals surface area (Å²) in [5.41, 5.74) is 3.47. The van der Waals surface area contributed by atoms with Crippen LogP contribution in [0, 0.1) is 6.92 Å². The van der Waals surface area contributed by atoms with Crippen LogP contribution in [0.5, 0.6) is 0 Å². The topological polar surface area (TPSA) is 25.8 Å². The molecule has 2 nitrogen and oxygen atoms in total. The maximum absolute atomic E-state index is 4.14.